The molecule has 0 aromatic heterocycles. The van der Waals surface area contributed by atoms with Gasteiger partial charge in [-0.15, -0.1) is 0 Å². The average Bonchev–Trinajstić information content (AvgIpc) is 3.67. The molecule has 200 valence electrons. The lowest BCUT2D eigenvalue weighted by atomic mass is 9.48. The number of likely N-dealkylation sites (N-methyl/N-ethyl adjacent to an activating group) is 1. The molecule has 2 aliphatic heterocycles. The first-order valence-corrected chi connectivity index (χ1v) is 13.9. The molecule has 1 spiro atoms. The molecule has 7 heteroatoms. The van der Waals surface area contributed by atoms with Crippen LogP contribution in [-0.4, -0.2) is 77.0 Å². The standard InChI is InChI=1S/C31H36N2O5/c1-32(26(35)12-7-19-5-9-22(37-2)10-6-19)23-13-14-31(36)25-17-21-8-11-24(34)28-27(21)30(31,29(23)38-28)15-16-33(25)18-20-3-4-20/h5-12,20,23,25,29,34,36H,3-4,13-18H2,1-2H3/t23-,25+,29-,30-,31+/m0/s1. The van der Waals surface area contributed by atoms with E-state index in [0.29, 0.717) is 18.6 Å². The number of hydrogen-bond donors (Lipinski definition) is 2. The van der Waals surface area contributed by atoms with Gasteiger partial charge in [-0.25, -0.2) is 0 Å². The number of aromatic hydroxyl groups is 1. The molecule has 7 rings (SSSR count). The van der Waals surface area contributed by atoms with Gasteiger partial charge in [0, 0.05) is 31.3 Å². The smallest absolute Gasteiger partial charge is 0.246 e. The van der Waals surface area contributed by atoms with E-state index in [9.17, 15) is 15.0 Å². The monoisotopic (exact) mass is 516 g/mol. The SMILES string of the molecule is COc1ccc(C=CC(=O)N(C)[C@H]2CC[C@@]3(O)[C@H]4Cc5ccc(O)c6c5[C@@]3(CCN4CC3CC3)[C@H]2O6)cc1. The normalized spacial score (nSPS) is 33.1. The second-order valence-electron chi connectivity index (χ2n) is 12.0. The molecule has 3 fully saturated rings. The van der Waals surface area contributed by atoms with E-state index in [1.54, 1.807) is 24.2 Å². The van der Waals surface area contributed by atoms with Crippen LogP contribution in [0.5, 0.6) is 17.2 Å². The second kappa shape index (κ2) is 8.48. The number of benzene rings is 2. The van der Waals surface area contributed by atoms with Crippen molar-refractivity contribution in [2.24, 2.45) is 5.92 Å². The maximum absolute atomic E-state index is 13.4. The first-order valence-electron chi connectivity index (χ1n) is 13.9. The molecule has 1 amide bonds. The molecule has 3 aliphatic carbocycles. The van der Waals surface area contributed by atoms with Gasteiger partial charge in [0.25, 0.3) is 0 Å². The lowest BCUT2D eigenvalue weighted by Crippen LogP contribution is -2.78. The number of rotatable bonds is 6. The topological polar surface area (TPSA) is 82.5 Å². The lowest BCUT2D eigenvalue weighted by molar-refractivity contribution is -0.200. The number of amides is 1. The predicted molar refractivity (Wildman–Crippen MR) is 143 cm³/mol. The van der Waals surface area contributed by atoms with Crippen LogP contribution in [0.2, 0.25) is 0 Å². The van der Waals surface area contributed by atoms with Crippen molar-refractivity contribution in [2.75, 3.05) is 27.2 Å². The summed E-state index contributed by atoms with van der Waals surface area (Å²) in [6.07, 6.45) is 8.38. The van der Waals surface area contributed by atoms with E-state index < -0.39 is 17.1 Å². The third-order valence-electron chi connectivity index (χ3n) is 10.1. The maximum Gasteiger partial charge on any atom is 0.246 e. The van der Waals surface area contributed by atoms with Crippen molar-refractivity contribution < 1.29 is 24.5 Å². The van der Waals surface area contributed by atoms with Crippen LogP contribution in [0, 0.1) is 5.92 Å². The van der Waals surface area contributed by atoms with E-state index in [-0.39, 0.29) is 23.7 Å². The van der Waals surface area contributed by atoms with Crippen LogP contribution in [0.15, 0.2) is 42.5 Å². The first-order chi connectivity index (χ1) is 18.4. The highest BCUT2D eigenvalue weighted by molar-refractivity contribution is 5.92. The van der Waals surface area contributed by atoms with Gasteiger partial charge in [-0.05, 0) is 86.4 Å². The van der Waals surface area contributed by atoms with Crippen molar-refractivity contribution in [3.63, 3.8) is 0 Å². The zero-order valence-corrected chi connectivity index (χ0v) is 22.1. The summed E-state index contributed by atoms with van der Waals surface area (Å²) in [5.74, 6) is 2.06. The number of phenols is 1. The summed E-state index contributed by atoms with van der Waals surface area (Å²) in [5, 5.41) is 23.4. The lowest BCUT2D eigenvalue weighted by Gasteiger charge is -2.64. The Kier molecular flexibility index (Phi) is 5.37. The third-order valence-corrected chi connectivity index (χ3v) is 10.1. The van der Waals surface area contributed by atoms with Crippen LogP contribution < -0.4 is 9.47 Å². The van der Waals surface area contributed by atoms with E-state index in [2.05, 4.69) is 4.90 Å². The minimum atomic E-state index is -0.948. The summed E-state index contributed by atoms with van der Waals surface area (Å²) in [6, 6.07) is 11.1. The molecule has 7 nitrogen and oxygen atoms in total. The number of piperidine rings is 1. The number of carbonyl (C=O) groups is 1. The van der Waals surface area contributed by atoms with Gasteiger partial charge < -0.3 is 24.6 Å². The summed E-state index contributed by atoms with van der Waals surface area (Å²) in [5.41, 5.74) is 1.50. The summed E-state index contributed by atoms with van der Waals surface area (Å²) >= 11 is 0. The predicted octanol–water partition coefficient (Wildman–Crippen LogP) is 3.51. The quantitative estimate of drug-likeness (QED) is 0.572. The summed E-state index contributed by atoms with van der Waals surface area (Å²) in [7, 11) is 3.47. The van der Waals surface area contributed by atoms with E-state index in [1.165, 1.54) is 18.4 Å². The fourth-order valence-electron chi connectivity index (χ4n) is 8.02. The van der Waals surface area contributed by atoms with Crippen molar-refractivity contribution in [1.82, 2.24) is 9.80 Å². The highest BCUT2D eigenvalue weighted by atomic mass is 16.5. The fourth-order valence-corrected chi connectivity index (χ4v) is 8.02. The van der Waals surface area contributed by atoms with Crippen LogP contribution in [0.1, 0.15) is 48.8 Å². The minimum absolute atomic E-state index is 0.0304. The van der Waals surface area contributed by atoms with Gasteiger partial charge in [0.1, 0.15) is 11.9 Å². The Morgan fingerprint density at radius 2 is 1.97 bits per heavy atom. The van der Waals surface area contributed by atoms with Crippen LogP contribution in [0.3, 0.4) is 0 Å². The van der Waals surface area contributed by atoms with Crippen molar-refractivity contribution in [1.29, 1.82) is 0 Å². The van der Waals surface area contributed by atoms with Gasteiger partial charge in [-0.1, -0.05) is 18.2 Å². The Balaban J connectivity index is 1.22. The second-order valence-corrected chi connectivity index (χ2v) is 12.0. The van der Waals surface area contributed by atoms with Crippen LogP contribution >= 0.6 is 0 Å². The molecule has 0 radical (unpaired) electrons. The fraction of sp³-hybridized carbons (Fsp3) is 0.516. The molecule has 2 heterocycles. The van der Waals surface area contributed by atoms with E-state index in [0.717, 1.165) is 48.7 Å². The highest BCUT2D eigenvalue weighted by Gasteiger charge is 2.73. The number of likely N-dealkylation sites (tertiary alicyclic amines) is 1. The maximum atomic E-state index is 13.4. The van der Waals surface area contributed by atoms with Crippen molar-refractivity contribution in [3.05, 3.63) is 59.2 Å². The Labute approximate surface area is 223 Å². The Hall–Kier alpha value is -3.03. The number of phenolic OH excluding ortho intramolecular Hbond substituents is 1. The number of nitrogens with zero attached hydrogens (tertiary/aromatic N) is 2. The highest BCUT2D eigenvalue weighted by Crippen LogP contribution is 2.66. The van der Waals surface area contributed by atoms with E-state index in [1.807, 2.05) is 43.5 Å². The zero-order valence-electron chi connectivity index (χ0n) is 22.1. The largest absolute Gasteiger partial charge is 0.504 e. The van der Waals surface area contributed by atoms with Gasteiger partial charge in [0.2, 0.25) is 5.91 Å². The third kappa shape index (κ3) is 3.31. The van der Waals surface area contributed by atoms with Gasteiger partial charge in [-0.3, -0.25) is 9.69 Å². The van der Waals surface area contributed by atoms with Crippen molar-refractivity contribution in [3.8, 4) is 17.2 Å². The van der Waals surface area contributed by atoms with Crippen LogP contribution in [-0.2, 0) is 16.6 Å². The summed E-state index contributed by atoms with van der Waals surface area (Å²) in [6.45, 7) is 1.95. The summed E-state index contributed by atoms with van der Waals surface area (Å²) < 4.78 is 11.8. The molecule has 2 saturated carbocycles. The van der Waals surface area contributed by atoms with Crippen molar-refractivity contribution in [2.45, 2.75) is 67.7 Å². The molecular weight excluding hydrogens is 480 g/mol. The molecule has 2 bridgehead atoms. The minimum Gasteiger partial charge on any atom is -0.504 e. The molecule has 2 aromatic rings. The van der Waals surface area contributed by atoms with Gasteiger partial charge in [0.05, 0.1) is 24.2 Å². The van der Waals surface area contributed by atoms with E-state index >= 15 is 0 Å². The first kappa shape index (κ1) is 24.0. The number of hydrogen-bond acceptors (Lipinski definition) is 6. The van der Waals surface area contributed by atoms with E-state index in [4.69, 9.17) is 9.47 Å². The molecule has 5 aliphatic rings. The number of ether oxygens (including phenoxy) is 2. The average molecular weight is 517 g/mol. The van der Waals surface area contributed by atoms with Gasteiger partial charge in [0.15, 0.2) is 11.5 Å². The molecule has 5 atom stereocenters. The molecule has 2 N–H and O–H groups in total. The molecule has 2 aromatic carbocycles. The molecule has 0 unspecified atom stereocenters. The van der Waals surface area contributed by atoms with Crippen molar-refractivity contribution >= 4 is 12.0 Å². The number of methoxy groups -OCH3 is 1. The Morgan fingerprint density at radius 3 is 2.71 bits per heavy atom. The zero-order chi connectivity index (χ0) is 26.2. The van der Waals surface area contributed by atoms with Gasteiger partial charge >= 0.3 is 0 Å². The van der Waals surface area contributed by atoms with Crippen LogP contribution in [0.25, 0.3) is 6.08 Å². The molecule has 1 saturated heterocycles. The number of aliphatic hydroxyl groups is 1. The molecule has 38 heavy (non-hydrogen) atoms. The number of carbonyl (C=O) groups excluding carboxylic acids is 1. The summed E-state index contributed by atoms with van der Waals surface area (Å²) in [4.78, 5) is 17.7. The Morgan fingerprint density at radius 1 is 1.18 bits per heavy atom. The molecular formula is C31H36N2O5. The Bertz CT molecular complexity index is 1300. The van der Waals surface area contributed by atoms with Gasteiger partial charge in [-0.2, -0.15) is 0 Å². The van der Waals surface area contributed by atoms with Crippen LogP contribution in [0.4, 0.5) is 0 Å².